The lowest BCUT2D eigenvalue weighted by molar-refractivity contribution is 0.111. The minimum absolute atomic E-state index is 0.562. The standard InChI is InChI=1S/C17H21N5OS/c1-3-8-20-9-11-21(12-10-20)13-22-17(24)18-16(19-22)14-4-6-15(23-2)7-5-14/h1,4-7H,8-13H2,2H3,(H,18,19,24). The molecular formula is C17H21N5OS. The highest BCUT2D eigenvalue weighted by Gasteiger charge is 2.17. The zero-order chi connectivity index (χ0) is 16.9. The molecule has 1 N–H and O–H groups in total. The molecule has 0 atom stereocenters. The van der Waals surface area contributed by atoms with Crippen molar-refractivity contribution in [2.24, 2.45) is 0 Å². The van der Waals surface area contributed by atoms with Crippen LogP contribution in [0.25, 0.3) is 11.4 Å². The van der Waals surface area contributed by atoms with E-state index in [1.807, 2.05) is 28.9 Å². The monoisotopic (exact) mass is 343 g/mol. The van der Waals surface area contributed by atoms with Gasteiger partial charge < -0.3 is 4.74 Å². The lowest BCUT2D eigenvalue weighted by Gasteiger charge is -2.33. The Kier molecular flexibility index (Phi) is 5.30. The van der Waals surface area contributed by atoms with Crippen LogP contribution in [0.5, 0.6) is 5.75 Å². The summed E-state index contributed by atoms with van der Waals surface area (Å²) in [4.78, 5) is 9.09. The number of aromatic amines is 1. The number of ether oxygens (including phenoxy) is 1. The molecule has 0 spiro atoms. The van der Waals surface area contributed by atoms with Gasteiger partial charge in [-0.05, 0) is 36.5 Å². The maximum atomic E-state index is 5.39. The minimum atomic E-state index is 0.562. The van der Waals surface area contributed by atoms with Crippen LogP contribution in [0.1, 0.15) is 0 Å². The average Bonchev–Trinajstić information content (AvgIpc) is 2.98. The van der Waals surface area contributed by atoms with Gasteiger partial charge in [0.2, 0.25) is 4.77 Å². The van der Waals surface area contributed by atoms with Crippen molar-refractivity contribution in [1.29, 1.82) is 0 Å². The van der Waals surface area contributed by atoms with E-state index in [4.69, 9.17) is 23.4 Å². The molecule has 7 heteroatoms. The largest absolute Gasteiger partial charge is 0.497 e. The number of nitrogens with one attached hydrogen (secondary N) is 1. The van der Waals surface area contributed by atoms with Crippen LogP contribution in [0.2, 0.25) is 0 Å². The normalized spacial score (nSPS) is 16.0. The molecule has 0 saturated carbocycles. The summed E-state index contributed by atoms with van der Waals surface area (Å²) in [6.07, 6.45) is 5.37. The van der Waals surface area contributed by atoms with E-state index in [1.54, 1.807) is 7.11 Å². The molecular weight excluding hydrogens is 322 g/mol. The fraction of sp³-hybridized carbons (Fsp3) is 0.412. The highest BCUT2D eigenvalue weighted by Crippen LogP contribution is 2.19. The van der Waals surface area contributed by atoms with Crippen molar-refractivity contribution < 1.29 is 4.74 Å². The molecule has 2 heterocycles. The third-order valence-electron chi connectivity index (χ3n) is 4.16. The van der Waals surface area contributed by atoms with Crippen molar-refractivity contribution in [3.63, 3.8) is 0 Å². The summed E-state index contributed by atoms with van der Waals surface area (Å²) in [5, 5.41) is 3.29. The Morgan fingerprint density at radius 2 is 1.88 bits per heavy atom. The van der Waals surface area contributed by atoms with Crippen molar-refractivity contribution in [3.05, 3.63) is 29.0 Å². The predicted molar refractivity (Wildman–Crippen MR) is 96.2 cm³/mol. The molecule has 0 radical (unpaired) electrons. The molecule has 1 fully saturated rings. The van der Waals surface area contributed by atoms with E-state index >= 15 is 0 Å². The lowest BCUT2D eigenvalue weighted by Crippen LogP contribution is -2.46. The SMILES string of the molecule is C#CCN1CCN(Cn2[nH]c(-c3ccc(OC)cc3)nc2=S)CC1. The summed E-state index contributed by atoms with van der Waals surface area (Å²) < 4.78 is 7.65. The number of rotatable bonds is 5. The number of terminal acetylenes is 1. The maximum Gasteiger partial charge on any atom is 0.217 e. The zero-order valence-electron chi connectivity index (χ0n) is 13.7. The first kappa shape index (κ1) is 16.7. The first-order chi connectivity index (χ1) is 11.7. The first-order valence-corrected chi connectivity index (χ1v) is 8.30. The number of nitrogens with zero attached hydrogens (tertiary/aromatic N) is 4. The van der Waals surface area contributed by atoms with Crippen LogP contribution >= 0.6 is 12.2 Å². The van der Waals surface area contributed by atoms with E-state index < -0.39 is 0 Å². The van der Waals surface area contributed by atoms with Gasteiger partial charge in [0.15, 0.2) is 5.82 Å². The number of piperazine rings is 1. The van der Waals surface area contributed by atoms with Crippen LogP contribution in [0.3, 0.4) is 0 Å². The van der Waals surface area contributed by atoms with Crippen molar-refractivity contribution in [1.82, 2.24) is 24.6 Å². The fourth-order valence-corrected chi connectivity index (χ4v) is 2.94. The summed E-state index contributed by atoms with van der Waals surface area (Å²) in [5.74, 6) is 4.29. The molecule has 1 aromatic heterocycles. The van der Waals surface area contributed by atoms with E-state index in [0.29, 0.717) is 11.4 Å². The number of benzene rings is 1. The van der Waals surface area contributed by atoms with Gasteiger partial charge in [0.25, 0.3) is 0 Å². The Bertz CT molecular complexity index is 766. The molecule has 0 aliphatic carbocycles. The first-order valence-electron chi connectivity index (χ1n) is 7.89. The summed E-state index contributed by atoms with van der Waals surface area (Å²) in [6.45, 7) is 5.35. The van der Waals surface area contributed by atoms with Gasteiger partial charge in [-0.25, -0.2) is 4.68 Å². The Labute approximate surface area is 147 Å². The van der Waals surface area contributed by atoms with Crippen molar-refractivity contribution in [2.75, 3.05) is 39.8 Å². The van der Waals surface area contributed by atoms with Crippen LogP contribution in [0.4, 0.5) is 0 Å². The zero-order valence-corrected chi connectivity index (χ0v) is 14.6. The molecule has 0 unspecified atom stereocenters. The predicted octanol–water partition coefficient (Wildman–Crippen LogP) is 1.82. The van der Waals surface area contributed by atoms with Gasteiger partial charge in [0.05, 0.1) is 20.3 Å². The Morgan fingerprint density at radius 3 is 2.50 bits per heavy atom. The quantitative estimate of drug-likeness (QED) is 0.663. The summed E-state index contributed by atoms with van der Waals surface area (Å²) in [6, 6.07) is 7.76. The average molecular weight is 343 g/mol. The van der Waals surface area contributed by atoms with E-state index in [9.17, 15) is 0 Å². The Hall–Kier alpha value is -2.14. The molecule has 3 rings (SSSR count). The van der Waals surface area contributed by atoms with E-state index in [-0.39, 0.29) is 0 Å². The second-order valence-corrected chi connectivity index (χ2v) is 6.12. The Morgan fingerprint density at radius 1 is 1.21 bits per heavy atom. The summed E-state index contributed by atoms with van der Waals surface area (Å²) in [5.41, 5.74) is 0.986. The van der Waals surface area contributed by atoms with Gasteiger partial charge >= 0.3 is 0 Å². The number of aromatic nitrogens is 3. The van der Waals surface area contributed by atoms with Crippen molar-refractivity contribution in [3.8, 4) is 29.5 Å². The van der Waals surface area contributed by atoms with Gasteiger partial charge in [-0.15, -0.1) is 6.42 Å². The molecule has 6 nitrogen and oxygen atoms in total. The lowest BCUT2D eigenvalue weighted by atomic mass is 10.2. The van der Waals surface area contributed by atoms with Gasteiger partial charge in [-0.3, -0.25) is 14.9 Å². The molecule has 24 heavy (non-hydrogen) atoms. The molecule has 1 aliphatic heterocycles. The third kappa shape index (κ3) is 3.85. The second-order valence-electron chi connectivity index (χ2n) is 5.75. The number of hydrogen-bond donors (Lipinski definition) is 1. The topological polar surface area (TPSA) is 49.3 Å². The van der Waals surface area contributed by atoms with Crippen molar-refractivity contribution in [2.45, 2.75) is 6.67 Å². The minimum Gasteiger partial charge on any atom is -0.497 e. The smallest absolute Gasteiger partial charge is 0.217 e. The highest BCUT2D eigenvalue weighted by molar-refractivity contribution is 7.71. The third-order valence-corrected chi connectivity index (χ3v) is 4.48. The molecule has 0 bridgehead atoms. The van der Waals surface area contributed by atoms with Gasteiger partial charge in [0.1, 0.15) is 5.75 Å². The second kappa shape index (κ2) is 7.62. The van der Waals surface area contributed by atoms with E-state index in [0.717, 1.165) is 49.9 Å². The molecule has 1 aliphatic rings. The highest BCUT2D eigenvalue weighted by atomic mass is 32.1. The van der Waals surface area contributed by atoms with E-state index in [2.05, 4.69) is 25.8 Å². The molecule has 126 valence electrons. The van der Waals surface area contributed by atoms with Crippen LogP contribution in [0, 0.1) is 17.1 Å². The Balaban J connectivity index is 1.66. The molecule has 1 saturated heterocycles. The number of H-pyrrole nitrogens is 1. The molecule has 2 aromatic rings. The van der Waals surface area contributed by atoms with E-state index in [1.165, 1.54) is 0 Å². The van der Waals surface area contributed by atoms with Gasteiger partial charge in [-0.2, -0.15) is 4.98 Å². The molecule has 0 amide bonds. The van der Waals surface area contributed by atoms with Crippen molar-refractivity contribution >= 4 is 12.2 Å². The van der Waals surface area contributed by atoms with Gasteiger partial charge in [0, 0.05) is 31.7 Å². The maximum absolute atomic E-state index is 5.39. The fourth-order valence-electron chi connectivity index (χ4n) is 2.75. The number of hydrogen-bond acceptors (Lipinski definition) is 5. The number of methoxy groups -OCH3 is 1. The molecule has 1 aromatic carbocycles. The summed E-state index contributed by atoms with van der Waals surface area (Å²) in [7, 11) is 1.65. The van der Waals surface area contributed by atoms with Crippen LogP contribution in [0.15, 0.2) is 24.3 Å². The summed E-state index contributed by atoms with van der Waals surface area (Å²) >= 11 is 5.39. The van der Waals surface area contributed by atoms with Crippen LogP contribution in [-0.2, 0) is 6.67 Å². The van der Waals surface area contributed by atoms with Crippen LogP contribution < -0.4 is 4.74 Å². The van der Waals surface area contributed by atoms with Crippen LogP contribution in [-0.4, -0.2) is 64.4 Å². The van der Waals surface area contributed by atoms with Gasteiger partial charge in [-0.1, -0.05) is 5.92 Å².